The van der Waals surface area contributed by atoms with Crippen LogP contribution in [0.5, 0.6) is 0 Å². The second kappa shape index (κ2) is 9.69. The largest absolute Gasteiger partial charge is 0.373 e. The molecule has 1 aromatic heterocycles. The topological polar surface area (TPSA) is 53.0 Å². The zero-order chi connectivity index (χ0) is 20.1. The Balaban J connectivity index is 1.40. The molecule has 6 nitrogen and oxygen atoms in total. The fourth-order valence-electron chi connectivity index (χ4n) is 4.17. The number of fused-ring (bicyclic) bond motifs is 1. The molecule has 0 spiro atoms. The lowest BCUT2D eigenvalue weighted by molar-refractivity contribution is -0.0502. The fraction of sp³-hybridized carbons (Fsp3) is 0.545. The van der Waals surface area contributed by atoms with Crippen LogP contribution in [0.1, 0.15) is 23.2 Å². The van der Waals surface area contributed by atoms with Crippen molar-refractivity contribution in [1.29, 1.82) is 0 Å². The van der Waals surface area contributed by atoms with E-state index in [2.05, 4.69) is 69.7 Å². The molecule has 0 radical (unpaired) electrons. The summed E-state index contributed by atoms with van der Waals surface area (Å²) >= 11 is 1.71. The third-order valence-electron chi connectivity index (χ3n) is 5.58. The van der Waals surface area contributed by atoms with E-state index in [-0.39, 0.29) is 6.10 Å². The number of thiazole rings is 1. The Bertz CT molecular complexity index is 809. The molecule has 0 aliphatic carbocycles. The lowest BCUT2D eigenvalue weighted by Crippen LogP contribution is -2.50. The average molecular weight is 414 g/mol. The third-order valence-corrected chi connectivity index (χ3v) is 6.40. The number of likely N-dealkylation sites (tertiary alicyclic amines) is 1. The number of hydrogen-bond donors (Lipinski definition) is 1. The van der Waals surface area contributed by atoms with Crippen molar-refractivity contribution < 1.29 is 4.74 Å². The number of nitrogens with one attached hydrogen (secondary N) is 1. The van der Waals surface area contributed by atoms with Gasteiger partial charge in [0.15, 0.2) is 5.96 Å². The molecule has 2 aliphatic heterocycles. The van der Waals surface area contributed by atoms with Crippen LogP contribution in [0.25, 0.3) is 0 Å². The minimum absolute atomic E-state index is 0.248. The molecule has 1 N–H and O–H groups in total. The highest BCUT2D eigenvalue weighted by atomic mass is 32.1. The van der Waals surface area contributed by atoms with E-state index < -0.39 is 0 Å². The van der Waals surface area contributed by atoms with Crippen LogP contribution < -0.4 is 5.32 Å². The maximum absolute atomic E-state index is 6.13. The minimum atomic E-state index is 0.248. The van der Waals surface area contributed by atoms with Crippen LogP contribution in [-0.4, -0.2) is 72.2 Å². The smallest absolute Gasteiger partial charge is 0.194 e. The van der Waals surface area contributed by atoms with Gasteiger partial charge >= 0.3 is 0 Å². The summed E-state index contributed by atoms with van der Waals surface area (Å²) in [6.07, 6.45) is 1.13. The van der Waals surface area contributed by atoms with Crippen LogP contribution in [0.2, 0.25) is 0 Å². The molecule has 0 bridgehead atoms. The first-order valence-electron chi connectivity index (χ1n) is 10.6. The molecule has 2 fully saturated rings. The predicted molar refractivity (Wildman–Crippen MR) is 118 cm³/mol. The lowest BCUT2D eigenvalue weighted by atomic mass is 10.1. The van der Waals surface area contributed by atoms with Crippen molar-refractivity contribution in [3.8, 4) is 0 Å². The zero-order valence-electron chi connectivity index (χ0n) is 17.4. The van der Waals surface area contributed by atoms with Gasteiger partial charge in [0.1, 0.15) is 0 Å². The monoisotopic (exact) mass is 413 g/mol. The van der Waals surface area contributed by atoms with E-state index in [1.165, 1.54) is 5.56 Å². The van der Waals surface area contributed by atoms with Gasteiger partial charge in [0, 0.05) is 51.1 Å². The van der Waals surface area contributed by atoms with Crippen molar-refractivity contribution in [2.75, 3.05) is 39.3 Å². The number of aliphatic imine (C=N–C) groups is 1. The van der Waals surface area contributed by atoms with Crippen LogP contribution in [0.4, 0.5) is 0 Å². The van der Waals surface area contributed by atoms with Crippen LogP contribution in [0, 0.1) is 6.92 Å². The highest BCUT2D eigenvalue weighted by Crippen LogP contribution is 2.24. The summed E-state index contributed by atoms with van der Waals surface area (Å²) in [4.78, 5) is 14.4. The van der Waals surface area contributed by atoms with Crippen LogP contribution in [-0.2, 0) is 17.7 Å². The first kappa shape index (κ1) is 20.3. The molecule has 2 unspecified atom stereocenters. The molecule has 2 saturated heterocycles. The van der Waals surface area contributed by atoms with Crippen LogP contribution in [0.3, 0.4) is 0 Å². The van der Waals surface area contributed by atoms with E-state index in [0.717, 1.165) is 69.0 Å². The van der Waals surface area contributed by atoms with Crippen molar-refractivity contribution in [3.05, 3.63) is 52.0 Å². The number of morpholine rings is 1. The summed E-state index contributed by atoms with van der Waals surface area (Å²) in [5, 5.41) is 6.73. The van der Waals surface area contributed by atoms with Crippen LogP contribution in [0.15, 0.2) is 40.7 Å². The van der Waals surface area contributed by atoms with E-state index in [4.69, 9.17) is 9.73 Å². The Labute approximate surface area is 177 Å². The molecular formula is C22H31N5OS. The number of aromatic nitrogens is 1. The van der Waals surface area contributed by atoms with E-state index in [0.29, 0.717) is 6.04 Å². The third kappa shape index (κ3) is 5.15. The van der Waals surface area contributed by atoms with Gasteiger partial charge in [-0.2, -0.15) is 0 Å². The Hall–Kier alpha value is -1.96. The summed E-state index contributed by atoms with van der Waals surface area (Å²) in [5.74, 6) is 0.997. The number of guanidine groups is 1. The Morgan fingerprint density at radius 1 is 1.31 bits per heavy atom. The first-order valence-corrected chi connectivity index (χ1v) is 11.4. The SMILES string of the molecule is CCNC(=NCCc1csc(C)n1)N1CC2OCCN(Cc3ccccc3)C2C1. The summed E-state index contributed by atoms with van der Waals surface area (Å²) in [6, 6.07) is 11.1. The Morgan fingerprint density at radius 3 is 2.93 bits per heavy atom. The molecule has 0 amide bonds. The number of benzene rings is 1. The average Bonchev–Trinajstić information content (AvgIpc) is 3.35. The van der Waals surface area contributed by atoms with Gasteiger partial charge in [-0.05, 0) is 19.4 Å². The second-order valence-electron chi connectivity index (χ2n) is 7.68. The maximum Gasteiger partial charge on any atom is 0.194 e. The van der Waals surface area contributed by atoms with Gasteiger partial charge in [0.25, 0.3) is 0 Å². The Kier molecular flexibility index (Phi) is 6.79. The van der Waals surface area contributed by atoms with Crippen molar-refractivity contribution in [3.63, 3.8) is 0 Å². The van der Waals surface area contributed by atoms with Gasteiger partial charge < -0.3 is 15.0 Å². The number of hydrogen-bond acceptors (Lipinski definition) is 5. The predicted octanol–water partition coefficient (Wildman–Crippen LogP) is 2.54. The molecular weight excluding hydrogens is 382 g/mol. The lowest BCUT2D eigenvalue weighted by Gasteiger charge is -2.36. The molecule has 1 aromatic carbocycles. The van der Waals surface area contributed by atoms with E-state index in [9.17, 15) is 0 Å². The molecule has 156 valence electrons. The molecule has 0 saturated carbocycles. The zero-order valence-corrected chi connectivity index (χ0v) is 18.2. The van der Waals surface area contributed by atoms with E-state index >= 15 is 0 Å². The van der Waals surface area contributed by atoms with Gasteiger partial charge in [-0.25, -0.2) is 4.98 Å². The molecule has 2 aromatic rings. The van der Waals surface area contributed by atoms with Crippen molar-refractivity contribution in [2.24, 2.45) is 4.99 Å². The normalized spacial score (nSPS) is 22.7. The number of rotatable bonds is 6. The van der Waals surface area contributed by atoms with Gasteiger partial charge in [0.05, 0.1) is 29.5 Å². The number of nitrogens with zero attached hydrogens (tertiary/aromatic N) is 4. The maximum atomic E-state index is 6.13. The Morgan fingerprint density at radius 2 is 2.17 bits per heavy atom. The highest BCUT2D eigenvalue weighted by Gasteiger charge is 2.41. The van der Waals surface area contributed by atoms with Crippen molar-refractivity contribution >= 4 is 17.3 Å². The first-order chi connectivity index (χ1) is 14.2. The summed E-state index contributed by atoms with van der Waals surface area (Å²) in [7, 11) is 0. The van der Waals surface area contributed by atoms with Crippen molar-refractivity contribution in [1.82, 2.24) is 20.1 Å². The summed E-state index contributed by atoms with van der Waals surface area (Å²) in [5.41, 5.74) is 2.50. The van der Waals surface area contributed by atoms with Gasteiger partial charge in [-0.3, -0.25) is 9.89 Å². The molecule has 29 heavy (non-hydrogen) atoms. The minimum Gasteiger partial charge on any atom is -0.373 e. The second-order valence-corrected chi connectivity index (χ2v) is 8.74. The molecule has 3 heterocycles. The summed E-state index contributed by atoms with van der Waals surface area (Å²) in [6.45, 7) is 10.4. The molecule has 4 rings (SSSR count). The van der Waals surface area contributed by atoms with Gasteiger partial charge in [-0.15, -0.1) is 11.3 Å². The van der Waals surface area contributed by atoms with Crippen molar-refractivity contribution in [2.45, 2.75) is 39.0 Å². The standard InChI is InChI=1S/C22H31N5OS/c1-3-23-22(24-10-9-19-16-29-17(2)25-19)27-14-20-21(15-27)28-12-11-26(20)13-18-7-5-4-6-8-18/h4-8,16,20-21H,3,9-15H2,1-2H3,(H,23,24). The molecule has 2 atom stereocenters. The fourth-order valence-corrected chi connectivity index (χ4v) is 4.82. The van der Waals surface area contributed by atoms with Crippen LogP contribution >= 0.6 is 11.3 Å². The molecule has 2 aliphatic rings. The highest BCUT2D eigenvalue weighted by molar-refractivity contribution is 7.09. The quantitative estimate of drug-likeness (QED) is 0.583. The molecule has 7 heteroatoms. The van der Waals surface area contributed by atoms with Gasteiger partial charge in [0.2, 0.25) is 0 Å². The van der Waals surface area contributed by atoms with Gasteiger partial charge in [-0.1, -0.05) is 30.3 Å². The number of ether oxygens (including phenoxy) is 1. The summed E-state index contributed by atoms with van der Waals surface area (Å²) < 4.78 is 6.13. The van der Waals surface area contributed by atoms with E-state index in [1.807, 2.05) is 0 Å². The van der Waals surface area contributed by atoms with E-state index in [1.54, 1.807) is 11.3 Å². The number of aryl methyl sites for hydroxylation is 1.